The topological polar surface area (TPSA) is 98.3 Å². The van der Waals surface area contributed by atoms with Crippen LogP contribution in [0.5, 0.6) is 0 Å². The van der Waals surface area contributed by atoms with Crippen molar-refractivity contribution in [3.63, 3.8) is 0 Å². The number of carbonyl (C=O) groups excluding carboxylic acids is 1. The van der Waals surface area contributed by atoms with Crippen molar-refractivity contribution in [2.24, 2.45) is 0 Å². The van der Waals surface area contributed by atoms with Crippen molar-refractivity contribution < 1.29 is 14.1 Å². The first kappa shape index (κ1) is 19.3. The molecule has 4 aromatic rings. The molecule has 0 fully saturated rings. The summed E-state index contributed by atoms with van der Waals surface area (Å²) in [6.45, 7) is 5.64. The molecular weight excluding hydrogens is 382 g/mol. The minimum absolute atomic E-state index is 0.0190. The summed E-state index contributed by atoms with van der Waals surface area (Å²) < 4.78 is 5.87. The Morgan fingerprint density at radius 2 is 1.73 bits per heavy atom. The van der Waals surface area contributed by atoms with Crippen molar-refractivity contribution in [2.45, 2.75) is 20.8 Å². The lowest BCUT2D eigenvalue weighted by molar-refractivity contribution is -0.385. The summed E-state index contributed by atoms with van der Waals surface area (Å²) in [5.41, 5.74) is 5.70. The maximum atomic E-state index is 12.6. The van der Waals surface area contributed by atoms with Gasteiger partial charge in [-0.15, -0.1) is 0 Å². The van der Waals surface area contributed by atoms with Crippen molar-refractivity contribution in [1.82, 2.24) is 4.98 Å². The van der Waals surface area contributed by atoms with Gasteiger partial charge in [0.1, 0.15) is 5.52 Å². The van der Waals surface area contributed by atoms with Gasteiger partial charge >= 0.3 is 0 Å². The zero-order chi connectivity index (χ0) is 21.4. The summed E-state index contributed by atoms with van der Waals surface area (Å²) >= 11 is 0. The van der Waals surface area contributed by atoms with E-state index in [1.54, 1.807) is 25.1 Å². The molecule has 0 saturated carbocycles. The highest BCUT2D eigenvalue weighted by Crippen LogP contribution is 2.28. The minimum Gasteiger partial charge on any atom is -0.436 e. The number of amides is 1. The van der Waals surface area contributed by atoms with E-state index in [9.17, 15) is 14.9 Å². The number of rotatable bonds is 4. The molecule has 3 aromatic carbocycles. The Kier molecular flexibility index (Phi) is 4.79. The smallest absolute Gasteiger partial charge is 0.272 e. The quantitative estimate of drug-likeness (QED) is 0.355. The van der Waals surface area contributed by atoms with Crippen molar-refractivity contribution in [2.75, 3.05) is 5.32 Å². The van der Waals surface area contributed by atoms with E-state index in [0.29, 0.717) is 33.8 Å². The van der Waals surface area contributed by atoms with Crippen LogP contribution in [0.4, 0.5) is 11.4 Å². The third kappa shape index (κ3) is 3.77. The number of anilines is 1. The van der Waals surface area contributed by atoms with E-state index in [0.717, 1.165) is 16.7 Å². The van der Waals surface area contributed by atoms with E-state index in [4.69, 9.17) is 4.42 Å². The fourth-order valence-electron chi connectivity index (χ4n) is 3.43. The molecule has 7 heteroatoms. The number of oxazole rings is 1. The standard InChI is InChI=1S/C23H19N3O4/c1-13-8-14(2)10-17(9-13)23-25-19-12-18(5-7-21(19)30-23)24-22(27)16-4-6-20(26(28)29)15(3)11-16/h4-12H,1-3H3,(H,24,27). The highest BCUT2D eigenvalue weighted by atomic mass is 16.6. The molecule has 0 aliphatic rings. The van der Waals surface area contributed by atoms with Gasteiger partial charge in [-0.1, -0.05) is 17.2 Å². The lowest BCUT2D eigenvalue weighted by Gasteiger charge is -2.06. The van der Waals surface area contributed by atoms with Gasteiger partial charge in [0.15, 0.2) is 5.58 Å². The number of nitrogens with one attached hydrogen (secondary N) is 1. The Labute approximate surface area is 172 Å². The van der Waals surface area contributed by atoms with Crippen LogP contribution in [-0.2, 0) is 0 Å². The summed E-state index contributed by atoms with van der Waals surface area (Å²) in [6.07, 6.45) is 0. The Hall–Kier alpha value is -4.00. The van der Waals surface area contributed by atoms with Crippen LogP contribution in [0.15, 0.2) is 59.0 Å². The fourth-order valence-corrected chi connectivity index (χ4v) is 3.43. The third-order valence-electron chi connectivity index (χ3n) is 4.77. The largest absolute Gasteiger partial charge is 0.436 e. The van der Waals surface area contributed by atoms with Gasteiger partial charge in [-0.25, -0.2) is 4.98 Å². The van der Waals surface area contributed by atoms with Crippen LogP contribution in [0.25, 0.3) is 22.6 Å². The van der Waals surface area contributed by atoms with Crippen molar-refractivity contribution in [3.05, 3.63) is 87.0 Å². The van der Waals surface area contributed by atoms with E-state index < -0.39 is 4.92 Å². The minimum atomic E-state index is -0.469. The second kappa shape index (κ2) is 7.44. The van der Waals surface area contributed by atoms with E-state index in [-0.39, 0.29) is 11.6 Å². The number of nitrogens with zero attached hydrogens (tertiary/aromatic N) is 2. The molecule has 1 aromatic heterocycles. The van der Waals surface area contributed by atoms with E-state index >= 15 is 0 Å². The number of fused-ring (bicyclic) bond motifs is 1. The van der Waals surface area contributed by atoms with Gasteiger partial charge in [0.2, 0.25) is 5.89 Å². The predicted octanol–water partition coefficient (Wildman–Crippen LogP) is 5.58. The van der Waals surface area contributed by atoms with Crippen LogP contribution in [0.2, 0.25) is 0 Å². The zero-order valence-corrected chi connectivity index (χ0v) is 16.7. The lowest BCUT2D eigenvalue weighted by atomic mass is 10.1. The molecule has 1 N–H and O–H groups in total. The van der Waals surface area contributed by atoms with E-state index in [1.165, 1.54) is 18.2 Å². The second-order valence-corrected chi connectivity index (χ2v) is 7.29. The monoisotopic (exact) mass is 401 g/mol. The van der Waals surface area contributed by atoms with Crippen LogP contribution >= 0.6 is 0 Å². The number of carbonyl (C=O) groups is 1. The molecule has 4 rings (SSSR count). The number of nitro benzene ring substituents is 1. The second-order valence-electron chi connectivity index (χ2n) is 7.29. The molecule has 0 bridgehead atoms. The first-order valence-corrected chi connectivity index (χ1v) is 9.36. The van der Waals surface area contributed by atoms with Gasteiger partial charge in [-0.05, 0) is 63.2 Å². The van der Waals surface area contributed by atoms with Crippen LogP contribution in [-0.4, -0.2) is 15.8 Å². The average molecular weight is 401 g/mol. The van der Waals surface area contributed by atoms with Crippen molar-refractivity contribution >= 4 is 28.4 Å². The Balaban J connectivity index is 1.60. The van der Waals surface area contributed by atoms with Gasteiger partial charge in [0.25, 0.3) is 11.6 Å². The number of benzene rings is 3. The fraction of sp³-hybridized carbons (Fsp3) is 0.130. The summed E-state index contributed by atoms with van der Waals surface area (Å²) in [7, 11) is 0. The van der Waals surface area contributed by atoms with Crippen LogP contribution in [0.3, 0.4) is 0 Å². The number of aryl methyl sites for hydroxylation is 3. The highest BCUT2D eigenvalue weighted by Gasteiger charge is 2.15. The maximum absolute atomic E-state index is 12.6. The van der Waals surface area contributed by atoms with E-state index in [2.05, 4.69) is 16.4 Å². The Morgan fingerprint density at radius 1 is 1.00 bits per heavy atom. The molecule has 0 radical (unpaired) electrons. The van der Waals surface area contributed by atoms with Crippen LogP contribution in [0, 0.1) is 30.9 Å². The summed E-state index contributed by atoms with van der Waals surface area (Å²) in [5, 5.41) is 13.8. The SMILES string of the molecule is Cc1cc(C)cc(-c2nc3cc(NC(=O)c4ccc([N+](=O)[O-])c(C)c4)ccc3o2)c1. The number of hydrogen-bond acceptors (Lipinski definition) is 5. The van der Waals surface area contributed by atoms with Gasteiger partial charge in [-0.2, -0.15) is 0 Å². The predicted molar refractivity (Wildman–Crippen MR) is 115 cm³/mol. The molecule has 0 spiro atoms. The van der Waals surface area contributed by atoms with Crippen LogP contribution in [0.1, 0.15) is 27.0 Å². The molecule has 1 amide bonds. The molecular formula is C23H19N3O4. The number of nitro groups is 1. The molecule has 7 nitrogen and oxygen atoms in total. The van der Waals surface area contributed by atoms with Crippen molar-refractivity contribution in [1.29, 1.82) is 0 Å². The third-order valence-corrected chi connectivity index (χ3v) is 4.77. The molecule has 0 unspecified atom stereocenters. The summed E-state index contributed by atoms with van der Waals surface area (Å²) in [4.78, 5) is 27.6. The average Bonchev–Trinajstić information content (AvgIpc) is 3.10. The number of aromatic nitrogens is 1. The number of hydrogen-bond donors (Lipinski definition) is 1. The van der Waals surface area contributed by atoms with Crippen LogP contribution < -0.4 is 5.32 Å². The van der Waals surface area contributed by atoms with Gasteiger partial charge in [0, 0.05) is 28.4 Å². The normalized spacial score (nSPS) is 10.9. The van der Waals surface area contributed by atoms with Gasteiger partial charge < -0.3 is 9.73 Å². The zero-order valence-electron chi connectivity index (χ0n) is 16.7. The first-order valence-electron chi connectivity index (χ1n) is 9.36. The molecule has 0 saturated heterocycles. The summed E-state index contributed by atoms with van der Waals surface area (Å²) in [6, 6.07) is 15.6. The highest BCUT2D eigenvalue weighted by molar-refractivity contribution is 6.05. The Morgan fingerprint density at radius 3 is 2.40 bits per heavy atom. The van der Waals surface area contributed by atoms with Gasteiger partial charge in [0.05, 0.1) is 4.92 Å². The van der Waals surface area contributed by atoms with Gasteiger partial charge in [-0.3, -0.25) is 14.9 Å². The van der Waals surface area contributed by atoms with E-state index in [1.807, 2.05) is 26.0 Å². The molecule has 0 aliphatic heterocycles. The molecule has 30 heavy (non-hydrogen) atoms. The maximum Gasteiger partial charge on any atom is 0.272 e. The summed E-state index contributed by atoms with van der Waals surface area (Å²) in [5.74, 6) is 0.164. The molecule has 1 heterocycles. The molecule has 0 atom stereocenters. The molecule has 150 valence electrons. The Bertz CT molecular complexity index is 1290. The lowest BCUT2D eigenvalue weighted by Crippen LogP contribution is -2.12. The molecule has 0 aliphatic carbocycles. The first-order chi connectivity index (χ1) is 14.3. The van der Waals surface area contributed by atoms with Crippen molar-refractivity contribution in [3.8, 4) is 11.5 Å².